The number of hydrogen-bond donors (Lipinski definition) is 2. The van der Waals surface area contributed by atoms with Crippen molar-refractivity contribution in [1.82, 2.24) is 25.4 Å². The van der Waals surface area contributed by atoms with Crippen LogP contribution < -0.4 is 5.32 Å². The summed E-state index contributed by atoms with van der Waals surface area (Å²) in [5.41, 5.74) is 2.45. The minimum atomic E-state index is -0.140. The van der Waals surface area contributed by atoms with Crippen molar-refractivity contribution in [3.63, 3.8) is 0 Å². The van der Waals surface area contributed by atoms with Crippen molar-refractivity contribution in [2.24, 2.45) is 0 Å². The lowest BCUT2D eigenvalue weighted by Crippen LogP contribution is -2.26. The molecule has 0 bridgehead atoms. The Morgan fingerprint density at radius 3 is 3.14 bits per heavy atom. The minimum absolute atomic E-state index is 0.140. The largest absolute Gasteiger partial charge is 0.350 e. The van der Waals surface area contributed by atoms with Crippen molar-refractivity contribution in [1.29, 1.82) is 0 Å². The molecule has 1 fully saturated rings. The highest BCUT2D eigenvalue weighted by Crippen LogP contribution is 2.29. The Hall–Kier alpha value is -2.21. The van der Waals surface area contributed by atoms with Crippen LogP contribution in [0.5, 0.6) is 0 Å². The first kappa shape index (κ1) is 14.7. The number of carbonyl (C=O) groups is 1. The van der Waals surface area contributed by atoms with Crippen molar-refractivity contribution in [2.75, 3.05) is 20.1 Å². The molecule has 116 valence electrons. The Morgan fingerprint density at radius 2 is 2.41 bits per heavy atom. The molecule has 0 aliphatic carbocycles. The fourth-order valence-electron chi connectivity index (χ4n) is 2.87. The van der Waals surface area contributed by atoms with Crippen LogP contribution in [0, 0.1) is 0 Å². The number of rotatable bonds is 5. The van der Waals surface area contributed by atoms with Gasteiger partial charge in [-0.3, -0.25) is 19.8 Å². The number of amides is 1. The predicted octanol–water partition coefficient (Wildman–Crippen LogP) is 1.54. The van der Waals surface area contributed by atoms with Gasteiger partial charge in [-0.05, 0) is 44.6 Å². The third kappa shape index (κ3) is 3.33. The molecule has 3 heterocycles. The molecule has 22 heavy (non-hydrogen) atoms. The van der Waals surface area contributed by atoms with E-state index in [1.54, 1.807) is 6.20 Å². The maximum absolute atomic E-state index is 12.1. The summed E-state index contributed by atoms with van der Waals surface area (Å²) in [4.78, 5) is 18.6. The molecule has 1 aliphatic heterocycles. The van der Waals surface area contributed by atoms with E-state index >= 15 is 0 Å². The number of carbonyl (C=O) groups excluding carboxylic acids is 1. The van der Waals surface area contributed by atoms with Crippen LogP contribution in [-0.2, 0) is 6.42 Å². The van der Waals surface area contributed by atoms with E-state index in [0.29, 0.717) is 18.3 Å². The molecule has 1 atom stereocenters. The molecule has 0 spiro atoms. The first-order valence-electron chi connectivity index (χ1n) is 7.67. The number of likely N-dealkylation sites (tertiary alicyclic amines) is 1. The fraction of sp³-hybridized carbons (Fsp3) is 0.438. The van der Waals surface area contributed by atoms with E-state index in [0.717, 1.165) is 30.8 Å². The summed E-state index contributed by atoms with van der Waals surface area (Å²) >= 11 is 0. The minimum Gasteiger partial charge on any atom is -0.350 e. The number of pyridine rings is 1. The SMILES string of the molecule is CN1CCCC1c1cc(C(=O)NCCc2ccccn2)n[nH]1. The second-order valence-corrected chi connectivity index (χ2v) is 5.67. The number of aromatic amines is 1. The van der Waals surface area contributed by atoms with Crippen LogP contribution in [-0.4, -0.2) is 46.1 Å². The predicted molar refractivity (Wildman–Crippen MR) is 83.5 cm³/mol. The molecule has 2 aromatic rings. The van der Waals surface area contributed by atoms with Gasteiger partial charge in [0.1, 0.15) is 5.69 Å². The van der Waals surface area contributed by atoms with Crippen molar-refractivity contribution in [2.45, 2.75) is 25.3 Å². The molecule has 6 nitrogen and oxygen atoms in total. The fourth-order valence-corrected chi connectivity index (χ4v) is 2.87. The maximum Gasteiger partial charge on any atom is 0.271 e. The van der Waals surface area contributed by atoms with Crippen molar-refractivity contribution >= 4 is 5.91 Å². The van der Waals surface area contributed by atoms with Crippen LogP contribution in [0.15, 0.2) is 30.5 Å². The average Bonchev–Trinajstić information content (AvgIpc) is 3.17. The molecule has 6 heteroatoms. The molecule has 0 radical (unpaired) electrons. The summed E-state index contributed by atoms with van der Waals surface area (Å²) in [6.45, 7) is 1.65. The molecule has 1 aliphatic rings. The molecular formula is C16H21N5O. The Labute approximate surface area is 129 Å². The molecular weight excluding hydrogens is 278 g/mol. The molecule has 0 aromatic carbocycles. The van der Waals surface area contributed by atoms with E-state index in [1.807, 2.05) is 24.3 Å². The molecule has 2 N–H and O–H groups in total. The average molecular weight is 299 g/mol. The van der Waals surface area contributed by atoms with Gasteiger partial charge in [-0.15, -0.1) is 0 Å². The molecule has 0 saturated carbocycles. The summed E-state index contributed by atoms with van der Waals surface area (Å²) in [7, 11) is 2.10. The summed E-state index contributed by atoms with van der Waals surface area (Å²) in [5.74, 6) is -0.140. The zero-order valence-electron chi connectivity index (χ0n) is 12.7. The lowest BCUT2D eigenvalue weighted by atomic mass is 10.1. The molecule has 2 aromatic heterocycles. The van der Waals surface area contributed by atoms with E-state index in [9.17, 15) is 4.79 Å². The number of hydrogen-bond acceptors (Lipinski definition) is 4. The van der Waals surface area contributed by atoms with Gasteiger partial charge in [0.15, 0.2) is 0 Å². The van der Waals surface area contributed by atoms with E-state index in [4.69, 9.17) is 0 Å². The standard InChI is InChI=1S/C16H21N5O/c1-21-10-4-6-15(21)13-11-14(20-19-13)16(22)18-9-7-12-5-2-3-8-17-12/h2-3,5,8,11,15H,4,6-7,9-10H2,1H3,(H,18,22)(H,19,20). The summed E-state index contributed by atoms with van der Waals surface area (Å²) in [5, 5.41) is 10.0. The van der Waals surface area contributed by atoms with Gasteiger partial charge in [0.25, 0.3) is 5.91 Å². The monoisotopic (exact) mass is 299 g/mol. The second-order valence-electron chi connectivity index (χ2n) is 5.67. The quantitative estimate of drug-likeness (QED) is 0.878. The first-order chi connectivity index (χ1) is 10.7. The third-order valence-corrected chi connectivity index (χ3v) is 4.10. The maximum atomic E-state index is 12.1. The molecule has 1 saturated heterocycles. The van der Waals surface area contributed by atoms with Crippen LogP contribution in [0.25, 0.3) is 0 Å². The number of H-pyrrole nitrogens is 1. The van der Waals surface area contributed by atoms with Crippen LogP contribution in [0.4, 0.5) is 0 Å². The Bertz CT molecular complexity index is 624. The normalized spacial score (nSPS) is 18.5. The van der Waals surface area contributed by atoms with E-state index in [2.05, 4.69) is 32.4 Å². The lowest BCUT2D eigenvalue weighted by molar-refractivity contribution is 0.0949. The zero-order valence-corrected chi connectivity index (χ0v) is 12.7. The highest BCUT2D eigenvalue weighted by Gasteiger charge is 2.25. The van der Waals surface area contributed by atoms with Gasteiger partial charge in [-0.25, -0.2) is 0 Å². The Kier molecular flexibility index (Phi) is 4.48. The van der Waals surface area contributed by atoms with Gasteiger partial charge >= 0.3 is 0 Å². The van der Waals surface area contributed by atoms with Gasteiger partial charge in [0, 0.05) is 24.9 Å². The molecule has 1 amide bonds. The molecule has 3 rings (SSSR count). The summed E-state index contributed by atoms with van der Waals surface area (Å²) in [6, 6.07) is 8.00. The van der Waals surface area contributed by atoms with E-state index in [1.165, 1.54) is 6.42 Å². The highest BCUT2D eigenvalue weighted by atomic mass is 16.1. The van der Waals surface area contributed by atoms with E-state index in [-0.39, 0.29) is 5.91 Å². The van der Waals surface area contributed by atoms with Crippen LogP contribution >= 0.6 is 0 Å². The Balaban J connectivity index is 1.53. The van der Waals surface area contributed by atoms with Crippen LogP contribution in [0.1, 0.15) is 40.8 Å². The van der Waals surface area contributed by atoms with Crippen molar-refractivity contribution in [3.05, 3.63) is 47.5 Å². The van der Waals surface area contributed by atoms with Gasteiger partial charge < -0.3 is 5.32 Å². The van der Waals surface area contributed by atoms with Gasteiger partial charge in [0.05, 0.1) is 11.7 Å². The van der Waals surface area contributed by atoms with Gasteiger partial charge in [-0.1, -0.05) is 6.07 Å². The van der Waals surface area contributed by atoms with Gasteiger partial charge in [-0.2, -0.15) is 5.10 Å². The highest BCUT2D eigenvalue weighted by molar-refractivity contribution is 5.92. The topological polar surface area (TPSA) is 73.9 Å². The smallest absolute Gasteiger partial charge is 0.271 e. The Morgan fingerprint density at radius 1 is 1.50 bits per heavy atom. The number of nitrogens with one attached hydrogen (secondary N) is 2. The van der Waals surface area contributed by atoms with Crippen LogP contribution in [0.2, 0.25) is 0 Å². The summed E-state index contributed by atoms with van der Waals surface area (Å²) < 4.78 is 0. The zero-order chi connectivity index (χ0) is 15.4. The van der Waals surface area contributed by atoms with Crippen molar-refractivity contribution < 1.29 is 4.79 Å². The lowest BCUT2D eigenvalue weighted by Gasteiger charge is -2.16. The second kappa shape index (κ2) is 6.70. The molecule has 1 unspecified atom stereocenters. The first-order valence-corrected chi connectivity index (χ1v) is 7.67. The number of nitrogens with zero attached hydrogens (tertiary/aromatic N) is 3. The van der Waals surface area contributed by atoms with E-state index < -0.39 is 0 Å². The van der Waals surface area contributed by atoms with Crippen LogP contribution in [0.3, 0.4) is 0 Å². The summed E-state index contributed by atoms with van der Waals surface area (Å²) in [6.07, 6.45) is 4.77. The van der Waals surface area contributed by atoms with Crippen molar-refractivity contribution in [3.8, 4) is 0 Å². The van der Waals surface area contributed by atoms with Gasteiger partial charge in [0.2, 0.25) is 0 Å². The third-order valence-electron chi connectivity index (χ3n) is 4.10. The number of aromatic nitrogens is 3.